The molecule has 0 aromatic carbocycles. The van der Waals surface area contributed by atoms with Crippen molar-refractivity contribution in [2.75, 3.05) is 41.7 Å². The zero-order chi connectivity index (χ0) is 13.9. The number of hydrogen-bond donors (Lipinski definition) is 1. The number of aromatic nitrogens is 3. The second-order valence-electron chi connectivity index (χ2n) is 4.91. The molecule has 2 aromatic rings. The zero-order valence-corrected chi connectivity index (χ0v) is 11.5. The number of nitrogen functional groups attached to an aromatic ring is 1. The van der Waals surface area contributed by atoms with E-state index >= 15 is 0 Å². The Hall–Kier alpha value is -2.37. The molecule has 1 aliphatic heterocycles. The lowest BCUT2D eigenvalue weighted by atomic mass is 10.2. The minimum atomic E-state index is 0.729. The highest BCUT2D eigenvalue weighted by Crippen LogP contribution is 2.23. The molecule has 104 valence electrons. The van der Waals surface area contributed by atoms with Gasteiger partial charge in [-0.25, -0.2) is 9.97 Å². The predicted molar refractivity (Wildman–Crippen MR) is 79.8 cm³/mol. The van der Waals surface area contributed by atoms with Crippen LogP contribution in [0.1, 0.15) is 5.69 Å². The summed E-state index contributed by atoms with van der Waals surface area (Å²) in [7, 11) is 0. The SMILES string of the molecule is Cc1ccnc(N2CCN(c3ccncc3N)CC2)n1. The van der Waals surface area contributed by atoms with E-state index in [-0.39, 0.29) is 0 Å². The van der Waals surface area contributed by atoms with Crippen LogP contribution < -0.4 is 15.5 Å². The lowest BCUT2D eigenvalue weighted by Crippen LogP contribution is -2.47. The topological polar surface area (TPSA) is 71.2 Å². The molecule has 3 rings (SSSR count). The van der Waals surface area contributed by atoms with Crippen LogP contribution in [0.25, 0.3) is 0 Å². The molecular formula is C14H18N6. The molecule has 0 amide bonds. The Labute approximate surface area is 118 Å². The number of nitrogens with two attached hydrogens (primary N) is 1. The van der Waals surface area contributed by atoms with E-state index in [1.165, 1.54) is 0 Å². The van der Waals surface area contributed by atoms with Crippen molar-refractivity contribution in [2.45, 2.75) is 6.92 Å². The Morgan fingerprint density at radius 1 is 1.05 bits per heavy atom. The summed E-state index contributed by atoms with van der Waals surface area (Å²) < 4.78 is 0. The van der Waals surface area contributed by atoms with Crippen LogP contribution in [-0.4, -0.2) is 41.1 Å². The van der Waals surface area contributed by atoms with E-state index in [0.29, 0.717) is 0 Å². The Balaban J connectivity index is 1.70. The van der Waals surface area contributed by atoms with Gasteiger partial charge in [-0.05, 0) is 19.1 Å². The van der Waals surface area contributed by atoms with Crippen molar-refractivity contribution in [3.63, 3.8) is 0 Å². The second-order valence-corrected chi connectivity index (χ2v) is 4.91. The molecule has 0 radical (unpaired) electrons. The minimum absolute atomic E-state index is 0.729. The Kier molecular flexibility index (Phi) is 3.37. The molecular weight excluding hydrogens is 252 g/mol. The van der Waals surface area contributed by atoms with E-state index in [2.05, 4.69) is 24.8 Å². The van der Waals surface area contributed by atoms with Crippen molar-refractivity contribution >= 4 is 17.3 Å². The summed E-state index contributed by atoms with van der Waals surface area (Å²) >= 11 is 0. The fourth-order valence-corrected chi connectivity index (χ4v) is 2.42. The lowest BCUT2D eigenvalue weighted by molar-refractivity contribution is 0.639. The van der Waals surface area contributed by atoms with Crippen LogP contribution in [0.4, 0.5) is 17.3 Å². The normalized spacial score (nSPS) is 15.4. The van der Waals surface area contributed by atoms with Crippen LogP contribution in [0.5, 0.6) is 0 Å². The molecule has 6 nitrogen and oxygen atoms in total. The summed E-state index contributed by atoms with van der Waals surface area (Å²) in [5.41, 5.74) is 8.76. The summed E-state index contributed by atoms with van der Waals surface area (Å²) in [6.45, 7) is 5.59. The van der Waals surface area contributed by atoms with E-state index < -0.39 is 0 Å². The molecule has 0 unspecified atom stereocenters. The first-order valence-electron chi connectivity index (χ1n) is 6.73. The number of rotatable bonds is 2. The predicted octanol–water partition coefficient (Wildman–Crippen LogP) is 1.09. The highest BCUT2D eigenvalue weighted by molar-refractivity contribution is 5.66. The van der Waals surface area contributed by atoms with Crippen molar-refractivity contribution < 1.29 is 0 Å². The van der Waals surface area contributed by atoms with Gasteiger partial charge in [-0.15, -0.1) is 0 Å². The summed E-state index contributed by atoms with van der Waals surface area (Å²) in [6.07, 6.45) is 5.29. The first kappa shape index (κ1) is 12.7. The van der Waals surface area contributed by atoms with Crippen LogP contribution >= 0.6 is 0 Å². The molecule has 1 saturated heterocycles. The smallest absolute Gasteiger partial charge is 0.225 e. The highest BCUT2D eigenvalue weighted by atomic mass is 15.3. The van der Waals surface area contributed by atoms with E-state index in [4.69, 9.17) is 5.73 Å². The van der Waals surface area contributed by atoms with Crippen LogP contribution in [0.3, 0.4) is 0 Å². The van der Waals surface area contributed by atoms with Crippen molar-refractivity contribution in [1.82, 2.24) is 15.0 Å². The van der Waals surface area contributed by atoms with E-state index in [0.717, 1.165) is 49.2 Å². The molecule has 1 aliphatic rings. The first-order chi connectivity index (χ1) is 9.74. The Bertz CT molecular complexity index is 592. The molecule has 0 saturated carbocycles. The maximum Gasteiger partial charge on any atom is 0.225 e. The molecule has 0 atom stereocenters. The third-order valence-electron chi connectivity index (χ3n) is 3.51. The highest BCUT2D eigenvalue weighted by Gasteiger charge is 2.20. The number of anilines is 3. The third kappa shape index (κ3) is 2.49. The summed E-state index contributed by atoms with van der Waals surface area (Å²) in [4.78, 5) is 17.3. The van der Waals surface area contributed by atoms with Crippen LogP contribution in [0, 0.1) is 6.92 Å². The van der Waals surface area contributed by atoms with Gasteiger partial charge in [0, 0.05) is 44.3 Å². The van der Waals surface area contributed by atoms with Gasteiger partial charge in [-0.3, -0.25) is 4.98 Å². The zero-order valence-electron chi connectivity index (χ0n) is 11.5. The second kappa shape index (κ2) is 5.32. The largest absolute Gasteiger partial charge is 0.396 e. The molecule has 2 N–H and O–H groups in total. The van der Waals surface area contributed by atoms with Gasteiger partial charge in [-0.2, -0.15) is 0 Å². The average molecular weight is 270 g/mol. The van der Waals surface area contributed by atoms with Crippen LogP contribution in [0.2, 0.25) is 0 Å². The van der Waals surface area contributed by atoms with E-state index in [1.807, 2.05) is 25.3 Å². The Morgan fingerprint density at radius 2 is 1.80 bits per heavy atom. The van der Waals surface area contributed by atoms with Crippen molar-refractivity contribution in [3.8, 4) is 0 Å². The number of piperazine rings is 1. The van der Waals surface area contributed by atoms with Gasteiger partial charge >= 0.3 is 0 Å². The molecule has 20 heavy (non-hydrogen) atoms. The molecule has 3 heterocycles. The molecule has 6 heteroatoms. The molecule has 1 fully saturated rings. The Morgan fingerprint density at radius 3 is 2.50 bits per heavy atom. The molecule has 0 bridgehead atoms. The van der Waals surface area contributed by atoms with Gasteiger partial charge in [0.25, 0.3) is 0 Å². The lowest BCUT2D eigenvalue weighted by Gasteiger charge is -2.36. The van der Waals surface area contributed by atoms with Crippen molar-refractivity contribution in [2.24, 2.45) is 0 Å². The summed E-state index contributed by atoms with van der Waals surface area (Å²) in [6, 6.07) is 3.88. The standard InChI is InChI=1S/C14H18N6/c1-11-2-5-17-14(18-11)20-8-6-19(7-9-20)13-3-4-16-10-12(13)15/h2-5,10H,6-9,15H2,1H3. The van der Waals surface area contributed by atoms with E-state index in [1.54, 1.807) is 12.4 Å². The maximum atomic E-state index is 5.97. The fraction of sp³-hybridized carbons (Fsp3) is 0.357. The fourth-order valence-electron chi connectivity index (χ4n) is 2.42. The van der Waals surface area contributed by atoms with Crippen molar-refractivity contribution in [3.05, 3.63) is 36.4 Å². The van der Waals surface area contributed by atoms with Crippen molar-refractivity contribution in [1.29, 1.82) is 0 Å². The van der Waals surface area contributed by atoms with E-state index in [9.17, 15) is 0 Å². The quantitative estimate of drug-likeness (QED) is 0.880. The maximum absolute atomic E-state index is 5.97. The number of hydrogen-bond acceptors (Lipinski definition) is 6. The number of aryl methyl sites for hydroxylation is 1. The molecule has 2 aromatic heterocycles. The summed E-state index contributed by atoms with van der Waals surface area (Å²) in [5.74, 6) is 0.812. The molecule has 0 spiro atoms. The number of nitrogens with zero attached hydrogens (tertiary/aromatic N) is 5. The molecule has 0 aliphatic carbocycles. The first-order valence-corrected chi connectivity index (χ1v) is 6.73. The summed E-state index contributed by atoms with van der Waals surface area (Å²) in [5, 5.41) is 0. The number of pyridine rings is 1. The monoisotopic (exact) mass is 270 g/mol. The van der Waals surface area contributed by atoms with Crippen LogP contribution in [-0.2, 0) is 0 Å². The van der Waals surface area contributed by atoms with Gasteiger partial charge in [0.2, 0.25) is 5.95 Å². The van der Waals surface area contributed by atoms with Gasteiger partial charge in [0.05, 0.1) is 17.6 Å². The van der Waals surface area contributed by atoms with Gasteiger partial charge in [-0.1, -0.05) is 0 Å². The van der Waals surface area contributed by atoms with Crippen LogP contribution in [0.15, 0.2) is 30.7 Å². The minimum Gasteiger partial charge on any atom is -0.396 e. The third-order valence-corrected chi connectivity index (χ3v) is 3.51. The van der Waals surface area contributed by atoms with Gasteiger partial charge in [0.1, 0.15) is 0 Å². The van der Waals surface area contributed by atoms with Gasteiger partial charge in [0.15, 0.2) is 0 Å². The average Bonchev–Trinajstić information content (AvgIpc) is 2.48. The van der Waals surface area contributed by atoms with Gasteiger partial charge < -0.3 is 15.5 Å².